The molecular formula is C93H118Cl3N19O19. The van der Waals surface area contributed by atoms with Crippen LogP contribution in [0.2, 0.25) is 10.3 Å². The van der Waals surface area contributed by atoms with Crippen LogP contribution in [-0.2, 0) is 61.9 Å². The van der Waals surface area contributed by atoms with Gasteiger partial charge >= 0.3 is 0 Å². The molecule has 7 aliphatic rings. The molecule has 134 heavy (non-hydrogen) atoms. The van der Waals surface area contributed by atoms with Crippen LogP contribution in [0.1, 0.15) is 135 Å². The van der Waals surface area contributed by atoms with Crippen LogP contribution in [0.15, 0.2) is 165 Å². The zero-order chi connectivity index (χ0) is 91.0. The normalized spacial score (nSPS) is 26.8. The Morgan fingerprint density at radius 1 is 0.425 bits per heavy atom. The number of nitrogens with zero attached hydrogens (tertiary/aromatic N) is 15. The molecule has 0 saturated carbocycles. The van der Waals surface area contributed by atoms with Gasteiger partial charge in [-0.1, -0.05) is 65.0 Å². The Hall–Kier alpha value is -10.6. The number of nitrogen functional groups attached to an aromatic ring is 1. The van der Waals surface area contributed by atoms with Crippen LogP contribution < -0.4 is 36.8 Å². The second-order valence-corrected chi connectivity index (χ2v) is 34.9. The van der Waals surface area contributed by atoms with Gasteiger partial charge in [0.25, 0.3) is 0 Å². The van der Waals surface area contributed by atoms with Gasteiger partial charge in [0.2, 0.25) is 0 Å². The molecule has 0 radical (unpaired) electrons. The van der Waals surface area contributed by atoms with Crippen molar-refractivity contribution in [1.82, 2.24) is 73.1 Å². The molecule has 7 aliphatic heterocycles. The summed E-state index contributed by atoms with van der Waals surface area (Å²) in [6.07, 6.45) is 6.34. The molecule has 18 heterocycles. The standard InChI is InChI=1S/C26H29N5O5.C25H25ClN4O4.C22H24N6O5.C15H18ClN3O4.CH5NO.4CH4.ClH/c1-15-6-7-16-8-9-17(12-19(16)29-15)33-13-20-26(4)21(35-25(2,3)36-26)24(34-20)31-11-10-18-22(30-32-5)27-14-28-23(18)31;1-14-5-6-15-7-8-16(11-18(15)29-14)31-12-19-25(4)20(33-24(2,3)34-25)23(32-19)30-10-9-17-21(26)27-13-28-22(17)30;1-22(30)16(10-32-13-5-3-12-4-6-17(23)26-15(12)9-13)33-21(18(22)29)28-8-7-14-19(27-31-2)24-11-25-20(14)28;1-14(2)22-10-13(21-9(6-20)15(10,3)23-14)19-5-4-8-11(16)17-7-18-12(8)19;1-3-2;;;;;/h6-12,14,20-21,24H,13H2,1-5H3,(H,27,28,30);5-11,13,19-20,23H,12H2,1-4H3;3-9,11,16,18,21,29-30H,10H2,1-2H3,(H2,23,26)(H,24,25,27);4-5,7,9-10,13,20H,6H2,1-3H3;2H2,1H3;4*1H4;1H/t20-,21+,24-,26-;19-,20+,23-,25-;16-,18+,21-,22-;9-,10+,13-,15-;;;;;;/m1111....../s1. The van der Waals surface area contributed by atoms with E-state index in [-0.39, 0.29) is 93.0 Å². The van der Waals surface area contributed by atoms with Crippen molar-refractivity contribution in [2.45, 2.75) is 226 Å². The molecule has 7 saturated heterocycles. The van der Waals surface area contributed by atoms with E-state index in [9.17, 15) is 15.3 Å². The van der Waals surface area contributed by atoms with Crippen LogP contribution in [0, 0.1) is 13.8 Å². The average molecular weight is 1910 g/mol. The number of benzene rings is 3. The first-order valence-corrected chi connectivity index (χ1v) is 42.4. The lowest BCUT2D eigenvalue weighted by Gasteiger charge is -2.29. The van der Waals surface area contributed by atoms with Gasteiger partial charge in [0.05, 0.1) is 66.0 Å². The molecule has 11 aromatic heterocycles. The van der Waals surface area contributed by atoms with Crippen molar-refractivity contribution in [2.24, 2.45) is 5.90 Å². The van der Waals surface area contributed by atoms with Crippen molar-refractivity contribution in [2.75, 3.05) is 64.5 Å². The van der Waals surface area contributed by atoms with E-state index in [1.807, 2.05) is 187 Å². The van der Waals surface area contributed by atoms with E-state index in [1.54, 1.807) is 42.1 Å². The third-order valence-corrected chi connectivity index (χ3v) is 24.5. The third kappa shape index (κ3) is 19.6. The average Bonchev–Trinajstić information content (AvgIpc) is 1.56. The van der Waals surface area contributed by atoms with E-state index in [4.69, 9.17) is 100 Å². The number of aryl methyl sites for hydroxylation is 2. The van der Waals surface area contributed by atoms with Gasteiger partial charge in [0.1, 0.15) is 172 Å². The third-order valence-electron chi connectivity index (χ3n) is 23.8. The lowest BCUT2D eigenvalue weighted by atomic mass is 9.95. The summed E-state index contributed by atoms with van der Waals surface area (Å²) >= 11 is 12.4. The number of ether oxygens (including phenoxy) is 13. The predicted octanol–water partition coefficient (Wildman–Crippen LogP) is 15.0. The minimum Gasteiger partial charge on any atom is -0.491 e. The number of nitrogens with one attached hydrogen (secondary N) is 2. The highest BCUT2D eigenvalue weighted by Gasteiger charge is 2.67. The van der Waals surface area contributed by atoms with Crippen molar-refractivity contribution < 1.29 is 91.4 Å². The van der Waals surface area contributed by atoms with Gasteiger partial charge in [0, 0.05) is 70.5 Å². The Balaban J connectivity index is 0.000000159. The molecule has 9 N–H and O–H groups in total. The minimum atomic E-state index is -1.57. The molecule has 14 aromatic rings. The molecule has 0 amide bonds. The lowest BCUT2D eigenvalue weighted by molar-refractivity contribution is -0.214. The summed E-state index contributed by atoms with van der Waals surface area (Å²) in [6.45, 7) is 23.2. The summed E-state index contributed by atoms with van der Waals surface area (Å²) in [5.41, 5.74) is 14.4. The van der Waals surface area contributed by atoms with Crippen LogP contribution in [0.3, 0.4) is 0 Å². The Kier molecular flexibility index (Phi) is 30.8. The summed E-state index contributed by atoms with van der Waals surface area (Å²) < 4.78 is 88.5. The summed E-state index contributed by atoms with van der Waals surface area (Å²) in [5, 5.41) is 38.5. The van der Waals surface area contributed by atoms with Gasteiger partial charge in [-0.15, -0.1) is 12.4 Å². The Morgan fingerprint density at radius 2 is 0.739 bits per heavy atom. The first-order valence-electron chi connectivity index (χ1n) is 41.6. The topological polar surface area (TPSA) is 446 Å². The van der Waals surface area contributed by atoms with Crippen molar-refractivity contribution in [1.29, 1.82) is 0 Å². The quantitative estimate of drug-likeness (QED) is 0.0310. The van der Waals surface area contributed by atoms with Crippen LogP contribution in [0.25, 0.3) is 76.8 Å². The van der Waals surface area contributed by atoms with Crippen LogP contribution in [0.5, 0.6) is 17.2 Å². The number of pyridine rings is 3. The number of anilines is 3. The highest BCUT2D eigenvalue weighted by atomic mass is 35.5. The first kappa shape index (κ1) is 102. The Bertz CT molecular complexity index is 6450. The van der Waals surface area contributed by atoms with Crippen molar-refractivity contribution >= 4 is 130 Å². The monoisotopic (exact) mass is 1910 g/mol. The number of fused-ring (bicyclic) bond motifs is 10. The maximum Gasteiger partial charge on any atom is 0.165 e. The van der Waals surface area contributed by atoms with Gasteiger partial charge in [-0.3, -0.25) is 19.6 Å². The molecule has 0 aliphatic carbocycles. The number of rotatable bonds is 18. The number of hydrogen-bond acceptors (Lipinski definition) is 34. The minimum absolute atomic E-state index is 0. The molecule has 7 fully saturated rings. The molecule has 0 unspecified atom stereocenters. The Morgan fingerprint density at radius 3 is 1.12 bits per heavy atom. The van der Waals surface area contributed by atoms with E-state index in [1.165, 1.54) is 46.5 Å². The van der Waals surface area contributed by atoms with Gasteiger partial charge in [-0.05, 0) is 168 Å². The van der Waals surface area contributed by atoms with Crippen LogP contribution in [0.4, 0.5) is 17.5 Å². The number of halogens is 3. The van der Waals surface area contributed by atoms with E-state index >= 15 is 0 Å². The number of nitrogens with two attached hydrogens (primary N) is 2. The Labute approximate surface area is 791 Å². The zero-order valence-electron chi connectivity index (χ0n) is 73.7. The molecule has 3 aromatic carbocycles. The smallest absolute Gasteiger partial charge is 0.165 e. The zero-order valence-corrected chi connectivity index (χ0v) is 76.1. The second kappa shape index (κ2) is 40.3. The number of aliphatic hydroxyl groups is 3. The maximum atomic E-state index is 11.0. The van der Waals surface area contributed by atoms with Crippen LogP contribution >= 0.6 is 35.6 Å². The molecule has 16 atom stereocenters. The highest BCUT2D eigenvalue weighted by Crippen LogP contribution is 2.55. The van der Waals surface area contributed by atoms with Crippen molar-refractivity contribution in [3.63, 3.8) is 0 Å². The molecule has 38 nitrogen and oxygen atoms in total. The van der Waals surface area contributed by atoms with Gasteiger partial charge in [0.15, 0.2) is 53.9 Å². The van der Waals surface area contributed by atoms with Gasteiger partial charge in [-0.2, -0.15) is 0 Å². The lowest BCUT2D eigenvalue weighted by Crippen LogP contribution is -2.47. The second-order valence-electron chi connectivity index (χ2n) is 34.2. The molecular weight excluding hydrogens is 1790 g/mol. The van der Waals surface area contributed by atoms with E-state index in [0.717, 1.165) is 66.2 Å². The van der Waals surface area contributed by atoms with E-state index in [2.05, 4.69) is 88.7 Å². The van der Waals surface area contributed by atoms with Crippen molar-refractivity contribution in [3.05, 3.63) is 187 Å². The summed E-state index contributed by atoms with van der Waals surface area (Å²) in [7, 11) is 4.43. The van der Waals surface area contributed by atoms with Gasteiger partial charge < -0.3 is 106 Å². The highest BCUT2D eigenvalue weighted by molar-refractivity contribution is 6.34. The summed E-state index contributed by atoms with van der Waals surface area (Å²) in [4.78, 5) is 61.3. The largest absolute Gasteiger partial charge is 0.491 e. The van der Waals surface area contributed by atoms with E-state index < -0.39 is 89.1 Å². The fraction of sp³-hybridized carbons (Fsp3) is 0.452. The van der Waals surface area contributed by atoms with E-state index in [0.29, 0.717) is 67.0 Å². The van der Waals surface area contributed by atoms with Crippen LogP contribution in [-0.4, -0.2) is 225 Å². The molecule has 0 spiro atoms. The maximum absolute atomic E-state index is 11.0. The number of aromatic nitrogens is 15. The molecule has 0 bridgehead atoms. The molecule has 41 heteroatoms. The summed E-state index contributed by atoms with van der Waals surface area (Å²) in [5.74, 6) is 5.53. The van der Waals surface area contributed by atoms with Crippen molar-refractivity contribution in [3.8, 4) is 17.2 Å². The SMILES string of the molecule is C.C.C.C.CC1(C)O[C@H]2[C@H](n3ccc4c(Cl)ncnc43)O[C@H](CO)[C@@]2(C)O1.CON.CONc1ncnc2c1ccn2[C@@H]1O[C@H](COc2ccc3ccc(C)nc3c2)[C@@]2(C)OC(C)(C)O[C@@H]12.CONc1ncnc2c1ccn2[C@@H]1O[C@H](COc2ccc3ccc(N)nc3c2)[C@@](C)(O)[C@H]1O.Cc1ccc2ccc(OC[C@H]3O[C@@H](n4ccc5c(Cl)ncnc54)[C@@H]4OC(C)(C)O[C@]34C)cc2n1.Cl. The predicted molar refractivity (Wildman–Crippen MR) is 507 cm³/mol. The number of aliphatic hydroxyl groups excluding tert-OH is 2. The first-order chi connectivity index (χ1) is 61.7. The number of hydrogen-bond donors (Lipinski definition) is 7. The molecule has 21 rings (SSSR count). The van der Waals surface area contributed by atoms with Gasteiger partial charge in [-0.25, -0.2) is 61.7 Å². The summed E-state index contributed by atoms with van der Waals surface area (Å²) in [6, 6.07) is 36.4. The fourth-order valence-electron chi connectivity index (χ4n) is 17.8. The molecule has 720 valence electrons. The fourth-order valence-corrected chi connectivity index (χ4v) is 18.2.